The molecule has 0 radical (unpaired) electrons. The van der Waals surface area contributed by atoms with E-state index in [1.165, 1.54) is 31.4 Å². The summed E-state index contributed by atoms with van der Waals surface area (Å²) in [4.78, 5) is 12.2. The van der Waals surface area contributed by atoms with Crippen LogP contribution in [-0.2, 0) is 0 Å². The summed E-state index contributed by atoms with van der Waals surface area (Å²) in [5, 5.41) is 3.01. The van der Waals surface area contributed by atoms with E-state index in [0.29, 0.717) is 23.6 Å². The van der Waals surface area contributed by atoms with Crippen LogP contribution in [0, 0.1) is 18.7 Å². The fraction of sp³-hybridized carbons (Fsp3) is 0.562. The molecule has 3 nitrogen and oxygen atoms in total. The van der Waals surface area contributed by atoms with Crippen LogP contribution in [0.4, 0.5) is 4.39 Å². The van der Waals surface area contributed by atoms with E-state index in [1.807, 2.05) is 0 Å². The van der Waals surface area contributed by atoms with Gasteiger partial charge in [-0.3, -0.25) is 4.79 Å². The van der Waals surface area contributed by atoms with Crippen LogP contribution >= 0.6 is 12.4 Å². The molecule has 0 heterocycles. The molecular weight excluding hydrogens is 291 g/mol. The average molecular weight is 315 g/mol. The number of carbonyl (C=O) groups excluding carboxylic acids is 1. The fourth-order valence-corrected chi connectivity index (χ4v) is 2.94. The largest absolute Gasteiger partial charge is 0.348 e. The molecule has 1 aliphatic carbocycles. The molecule has 118 valence electrons. The molecule has 3 N–H and O–H groups in total. The molecule has 0 aromatic heterocycles. The standard InChI is InChI=1S/C16H23FN2O.ClH/c1-11-9-13(7-8-14(11)17)16(20)19-15(10-18)12-5-3-2-4-6-12;/h7-9,12,15H,2-6,10,18H2,1H3,(H,19,20);1H. The van der Waals surface area contributed by atoms with Crippen LogP contribution in [0.25, 0.3) is 0 Å². The molecule has 1 aliphatic rings. The summed E-state index contributed by atoms with van der Waals surface area (Å²) in [6.07, 6.45) is 5.97. The molecular formula is C16H24ClFN2O. The average Bonchev–Trinajstić information content (AvgIpc) is 2.48. The Morgan fingerprint density at radius 3 is 2.62 bits per heavy atom. The molecule has 1 fully saturated rings. The topological polar surface area (TPSA) is 55.1 Å². The maximum Gasteiger partial charge on any atom is 0.251 e. The molecule has 1 saturated carbocycles. The number of aryl methyl sites for hydroxylation is 1. The molecule has 1 amide bonds. The van der Waals surface area contributed by atoms with Gasteiger partial charge in [-0.1, -0.05) is 19.3 Å². The molecule has 2 rings (SSSR count). The van der Waals surface area contributed by atoms with Crippen LogP contribution in [0.5, 0.6) is 0 Å². The Morgan fingerprint density at radius 1 is 1.38 bits per heavy atom. The Balaban J connectivity index is 0.00000220. The van der Waals surface area contributed by atoms with Gasteiger partial charge < -0.3 is 11.1 Å². The number of nitrogens with one attached hydrogen (secondary N) is 1. The van der Waals surface area contributed by atoms with Gasteiger partial charge in [-0.25, -0.2) is 4.39 Å². The molecule has 0 spiro atoms. The van der Waals surface area contributed by atoms with Gasteiger partial charge in [0.1, 0.15) is 5.82 Å². The van der Waals surface area contributed by atoms with E-state index >= 15 is 0 Å². The Labute approximate surface area is 131 Å². The van der Waals surface area contributed by atoms with Crippen LogP contribution in [0.3, 0.4) is 0 Å². The lowest BCUT2D eigenvalue weighted by atomic mass is 9.84. The summed E-state index contributed by atoms with van der Waals surface area (Å²) >= 11 is 0. The number of benzene rings is 1. The van der Waals surface area contributed by atoms with Crippen molar-refractivity contribution >= 4 is 18.3 Å². The number of halogens is 2. The van der Waals surface area contributed by atoms with E-state index in [2.05, 4.69) is 5.32 Å². The maximum absolute atomic E-state index is 13.2. The monoisotopic (exact) mass is 314 g/mol. The van der Waals surface area contributed by atoms with Gasteiger partial charge in [0, 0.05) is 18.2 Å². The molecule has 1 atom stereocenters. The first-order chi connectivity index (χ1) is 9.61. The lowest BCUT2D eigenvalue weighted by molar-refractivity contribution is 0.0915. The summed E-state index contributed by atoms with van der Waals surface area (Å²) in [5.41, 5.74) is 6.79. The predicted molar refractivity (Wildman–Crippen MR) is 85.3 cm³/mol. The van der Waals surface area contributed by atoms with Crippen molar-refractivity contribution in [2.75, 3.05) is 6.54 Å². The highest BCUT2D eigenvalue weighted by molar-refractivity contribution is 5.94. The zero-order valence-corrected chi connectivity index (χ0v) is 13.2. The van der Waals surface area contributed by atoms with Crippen molar-refractivity contribution in [2.24, 2.45) is 11.7 Å². The van der Waals surface area contributed by atoms with Crippen LogP contribution in [-0.4, -0.2) is 18.5 Å². The van der Waals surface area contributed by atoms with Crippen molar-refractivity contribution in [2.45, 2.75) is 45.1 Å². The molecule has 1 unspecified atom stereocenters. The predicted octanol–water partition coefficient (Wildman–Crippen LogP) is 3.19. The minimum atomic E-state index is -0.288. The molecule has 0 saturated heterocycles. The summed E-state index contributed by atoms with van der Waals surface area (Å²) in [7, 11) is 0. The first-order valence-electron chi connectivity index (χ1n) is 7.39. The van der Waals surface area contributed by atoms with Crippen molar-refractivity contribution in [1.82, 2.24) is 5.32 Å². The maximum atomic E-state index is 13.2. The molecule has 1 aromatic rings. The summed E-state index contributed by atoms with van der Waals surface area (Å²) in [5.74, 6) is 0.0255. The second-order valence-corrected chi connectivity index (χ2v) is 5.68. The molecule has 0 aliphatic heterocycles. The third-order valence-electron chi connectivity index (χ3n) is 4.21. The van der Waals surface area contributed by atoms with Crippen LogP contribution < -0.4 is 11.1 Å². The van der Waals surface area contributed by atoms with Gasteiger partial charge in [-0.2, -0.15) is 0 Å². The van der Waals surface area contributed by atoms with E-state index in [4.69, 9.17) is 5.73 Å². The number of amides is 1. The van der Waals surface area contributed by atoms with Crippen molar-refractivity contribution < 1.29 is 9.18 Å². The van der Waals surface area contributed by atoms with Crippen LogP contribution in [0.1, 0.15) is 48.0 Å². The van der Waals surface area contributed by atoms with Gasteiger partial charge in [-0.05, 0) is 49.4 Å². The number of hydrogen-bond acceptors (Lipinski definition) is 2. The van der Waals surface area contributed by atoms with Crippen LogP contribution in [0.2, 0.25) is 0 Å². The molecule has 0 bridgehead atoms. The van der Waals surface area contributed by atoms with Crippen molar-refractivity contribution in [3.05, 3.63) is 35.1 Å². The highest BCUT2D eigenvalue weighted by atomic mass is 35.5. The van der Waals surface area contributed by atoms with Gasteiger partial charge in [0.05, 0.1) is 0 Å². The third kappa shape index (κ3) is 4.68. The van der Waals surface area contributed by atoms with Gasteiger partial charge in [-0.15, -0.1) is 12.4 Å². The Kier molecular flexibility index (Phi) is 7.12. The van der Waals surface area contributed by atoms with Crippen molar-refractivity contribution in [1.29, 1.82) is 0 Å². The Morgan fingerprint density at radius 2 is 2.05 bits per heavy atom. The van der Waals surface area contributed by atoms with Gasteiger partial charge >= 0.3 is 0 Å². The zero-order valence-electron chi connectivity index (χ0n) is 12.4. The quantitative estimate of drug-likeness (QED) is 0.896. The SMILES string of the molecule is Cc1cc(C(=O)NC(CN)C2CCCCC2)ccc1F.Cl. The summed E-state index contributed by atoms with van der Waals surface area (Å²) in [6.45, 7) is 2.12. The normalized spacial score (nSPS) is 16.9. The lowest BCUT2D eigenvalue weighted by Crippen LogP contribution is -2.45. The zero-order chi connectivity index (χ0) is 14.5. The lowest BCUT2D eigenvalue weighted by Gasteiger charge is -2.30. The Bertz CT molecular complexity index is 475. The Hall–Kier alpha value is -1.13. The van der Waals surface area contributed by atoms with Gasteiger partial charge in [0.25, 0.3) is 5.91 Å². The number of carbonyl (C=O) groups is 1. The third-order valence-corrected chi connectivity index (χ3v) is 4.21. The second-order valence-electron chi connectivity index (χ2n) is 5.68. The van der Waals surface area contributed by atoms with E-state index in [0.717, 1.165) is 12.8 Å². The van der Waals surface area contributed by atoms with Gasteiger partial charge in [0.2, 0.25) is 0 Å². The minimum absolute atomic E-state index is 0. The second kappa shape index (κ2) is 8.35. The molecule has 21 heavy (non-hydrogen) atoms. The van der Waals surface area contributed by atoms with Crippen LogP contribution in [0.15, 0.2) is 18.2 Å². The number of hydrogen-bond donors (Lipinski definition) is 2. The highest BCUT2D eigenvalue weighted by Gasteiger charge is 2.24. The minimum Gasteiger partial charge on any atom is -0.348 e. The summed E-state index contributed by atoms with van der Waals surface area (Å²) < 4.78 is 13.2. The highest BCUT2D eigenvalue weighted by Crippen LogP contribution is 2.26. The van der Waals surface area contributed by atoms with E-state index in [1.54, 1.807) is 13.0 Å². The van der Waals surface area contributed by atoms with E-state index in [-0.39, 0.29) is 30.2 Å². The van der Waals surface area contributed by atoms with Crippen molar-refractivity contribution in [3.63, 3.8) is 0 Å². The van der Waals surface area contributed by atoms with Crippen molar-refractivity contribution in [3.8, 4) is 0 Å². The number of rotatable bonds is 4. The number of nitrogens with two attached hydrogens (primary N) is 1. The first kappa shape index (κ1) is 17.9. The molecule has 5 heteroatoms. The van der Waals surface area contributed by atoms with E-state index < -0.39 is 0 Å². The smallest absolute Gasteiger partial charge is 0.251 e. The summed E-state index contributed by atoms with van der Waals surface area (Å²) in [6, 6.07) is 4.46. The van der Waals surface area contributed by atoms with Gasteiger partial charge in [0.15, 0.2) is 0 Å². The van der Waals surface area contributed by atoms with E-state index in [9.17, 15) is 9.18 Å². The first-order valence-corrected chi connectivity index (χ1v) is 7.39. The molecule has 1 aromatic carbocycles. The fourth-order valence-electron chi connectivity index (χ4n) is 2.94.